The van der Waals surface area contributed by atoms with Gasteiger partial charge in [0.1, 0.15) is 5.51 Å². The van der Waals surface area contributed by atoms with E-state index in [0.717, 1.165) is 14.5 Å². The van der Waals surface area contributed by atoms with Crippen LogP contribution in [0.2, 0.25) is 0 Å². The molecule has 2 heterocycles. The van der Waals surface area contributed by atoms with E-state index in [9.17, 15) is 0 Å². The zero-order valence-electron chi connectivity index (χ0n) is 9.17. The monoisotopic (exact) mass is 349 g/mol. The maximum Gasteiger partial charge on any atom is 0.174 e. The predicted molar refractivity (Wildman–Crippen MR) is 78.8 cm³/mol. The lowest BCUT2D eigenvalue weighted by molar-refractivity contribution is 0.639. The van der Waals surface area contributed by atoms with Gasteiger partial charge in [0.05, 0.1) is 9.04 Å². The standard InChI is InChI=1S/C10H12BrN3S3/c1-2-6(12)9(7-3-4-8(11)16-7)17-10-14-13-5-15-10/h3-6,9H,2,12H2,1H3. The first kappa shape index (κ1) is 13.5. The van der Waals surface area contributed by atoms with Crippen molar-refractivity contribution in [2.45, 2.75) is 29.0 Å². The molecule has 2 N–H and O–H groups in total. The van der Waals surface area contributed by atoms with Gasteiger partial charge >= 0.3 is 0 Å². The lowest BCUT2D eigenvalue weighted by Crippen LogP contribution is -2.25. The summed E-state index contributed by atoms with van der Waals surface area (Å²) in [5.74, 6) is 0. The zero-order valence-corrected chi connectivity index (χ0v) is 13.2. The molecule has 0 bridgehead atoms. The average Bonchev–Trinajstić information content (AvgIpc) is 2.96. The fourth-order valence-corrected chi connectivity index (χ4v) is 4.96. The zero-order chi connectivity index (χ0) is 12.3. The van der Waals surface area contributed by atoms with Crippen molar-refractivity contribution in [1.82, 2.24) is 10.2 Å². The summed E-state index contributed by atoms with van der Waals surface area (Å²) < 4.78 is 2.11. The maximum absolute atomic E-state index is 6.20. The summed E-state index contributed by atoms with van der Waals surface area (Å²) in [6, 6.07) is 4.33. The first-order chi connectivity index (χ1) is 8.20. The van der Waals surface area contributed by atoms with Crippen LogP contribution in [-0.4, -0.2) is 16.2 Å². The first-order valence-corrected chi connectivity index (χ1v) is 8.51. The molecule has 2 aromatic heterocycles. The number of aromatic nitrogens is 2. The molecule has 0 aliphatic heterocycles. The van der Waals surface area contributed by atoms with E-state index in [2.05, 4.69) is 45.2 Å². The largest absolute Gasteiger partial charge is 0.326 e. The molecule has 2 unspecified atom stereocenters. The third kappa shape index (κ3) is 3.51. The van der Waals surface area contributed by atoms with Crippen molar-refractivity contribution in [3.63, 3.8) is 0 Å². The van der Waals surface area contributed by atoms with Gasteiger partial charge in [0, 0.05) is 10.9 Å². The molecule has 0 fully saturated rings. The number of thiophene rings is 1. The van der Waals surface area contributed by atoms with E-state index < -0.39 is 0 Å². The molecule has 0 saturated carbocycles. The summed E-state index contributed by atoms with van der Waals surface area (Å²) in [6.07, 6.45) is 0.950. The number of rotatable bonds is 5. The molecule has 92 valence electrons. The van der Waals surface area contributed by atoms with Crippen molar-refractivity contribution in [3.05, 3.63) is 26.3 Å². The minimum absolute atomic E-state index is 0.134. The molecule has 0 radical (unpaired) electrons. The number of hydrogen-bond donors (Lipinski definition) is 1. The van der Waals surface area contributed by atoms with E-state index in [0.29, 0.717) is 0 Å². The molecule has 2 atom stereocenters. The van der Waals surface area contributed by atoms with Crippen LogP contribution in [0.1, 0.15) is 23.5 Å². The molecule has 0 aliphatic rings. The quantitative estimate of drug-likeness (QED) is 0.830. The van der Waals surface area contributed by atoms with Gasteiger partial charge in [0.2, 0.25) is 0 Å². The normalized spacial score (nSPS) is 14.8. The van der Waals surface area contributed by atoms with Crippen LogP contribution in [0, 0.1) is 0 Å². The predicted octanol–water partition coefficient (Wildman–Crippen LogP) is 3.93. The Morgan fingerprint density at radius 3 is 2.88 bits per heavy atom. The topological polar surface area (TPSA) is 51.8 Å². The first-order valence-electron chi connectivity index (χ1n) is 5.14. The maximum atomic E-state index is 6.20. The Kier molecular flexibility index (Phi) is 4.98. The molecular weight excluding hydrogens is 338 g/mol. The van der Waals surface area contributed by atoms with Gasteiger partial charge in [0.25, 0.3) is 0 Å². The van der Waals surface area contributed by atoms with Gasteiger partial charge in [-0.15, -0.1) is 21.5 Å². The van der Waals surface area contributed by atoms with Gasteiger partial charge in [-0.25, -0.2) is 0 Å². The van der Waals surface area contributed by atoms with Crippen LogP contribution < -0.4 is 5.73 Å². The Morgan fingerprint density at radius 2 is 2.35 bits per heavy atom. The van der Waals surface area contributed by atoms with E-state index >= 15 is 0 Å². The van der Waals surface area contributed by atoms with Gasteiger partial charge in [0.15, 0.2) is 4.34 Å². The van der Waals surface area contributed by atoms with Crippen molar-refractivity contribution in [3.8, 4) is 0 Å². The Hall–Kier alpha value is 0.0500. The van der Waals surface area contributed by atoms with Crippen LogP contribution in [0.15, 0.2) is 25.8 Å². The number of thioether (sulfide) groups is 1. The molecule has 0 aliphatic carbocycles. The number of nitrogens with two attached hydrogens (primary N) is 1. The highest BCUT2D eigenvalue weighted by molar-refractivity contribution is 9.11. The van der Waals surface area contributed by atoms with Gasteiger partial charge in [-0.3, -0.25) is 0 Å². The van der Waals surface area contributed by atoms with Gasteiger partial charge in [-0.05, 0) is 34.5 Å². The molecule has 0 spiro atoms. The summed E-state index contributed by atoms with van der Waals surface area (Å²) in [5, 5.41) is 8.19. The fourth-order valence-electron chi connectivity index (χ4n) is 1.37. The SMILES string of the molecule is CCC(N)C(Sc1nncs1)c1ccc(Br)s1. The third-order valence-corrected chi connectivity index (χ3v) is 6.36. The third-order valence-electron chi connectivity index (χ3n) is 2.30. The summed E-state index contributed by atoms with van der Waals surface area (Å²) in [6.45, 7) is 2.11. The Labute approximate surface area is 121 Å². The van der Waals surface area contributed by atoms with E-state index in [1.807, 2.05) is 0 Å². The Balaban J connectivity index is 2.19. The van der Waals surface area contributed by atoms with Crippen molar-refractivity contribution in [1.29, 1.82) is 0 Å². The van der Waals surface area contributed by atoms with E-state index in [4.69, 9.17) is 5.73 Å². The number of nitrogens with zero attached hydrogens (tertiary/aromatic N) is 2. The van der Waals surface area contributed by atoms with Crippen LogP contribution in [0.3, 0.4) is 0 Å². The lowest BCUT2D eigenvalue weighted by atomic mass is 10.1. The average molecular weight is 350 g/mol. The second-order valence-corrected chi connectivity index (χ2v) is 8.17. The lowest BCUT2D eigenvalue weighted by Gasteiger charge is -2.19. The summed E-state index contributed by atoms with van der Waals surface area (Å²) in [7, 11) is 0. The molecule has 17 heavy (non-hydrogen) atoms. The van der Waals surface area contributed by atoms with Gasteiger partial charge < -0.3 is 5.73 Å². The molecule has 0 aromatic carbocycles. The van der Waals surface area contributed by atoms with Crippen LogP contribution in [0.25, 0.3) is 0 Å². The van der Waals surface area contributed by atoms with Crippen molar-refractivity contribution < 1.29 is 0 Å². The molecule has 3 nitrogen and oxygen atoms in total. The van der Waals surface area contributed by atoms with E-state index in [1.54, 1.807) is 39.9 Å². The smallest absolute Gasteiger partial charge is 0.174 e. The van der Waals surface area contributed by atoms with Crippen LogP contribution in [-0.2, 0) is 0 Å². The number of hydrogen-bond acceptors (Lipinski definition) is 6. The van der Waals surface area contributed by atoms with Crippen molar-refractivity contribution >= 4 is 50.4 Å². The molecule has 7 heteroatoms. The van der Waals surface area contributed by atoms with Crippen LogP contribution in [0.4, 0.5) is 0 Å². The highest BCUT2D eigenvalue weighted by atomic mass is 79.9. The molecule has 0 saturated heterocycles. The highest BCUT2D eigenvalue weighted by Gasteiger charge is 2.22. The molecule has 0 amide bonds. The molecule has 2 aromatic rings. The minimum Gasteiger partial charge on any atom is -0.326 e. The second-order valence-electron chi connectivity index (χ2n) is 3.46. The van der Waals surface area contributed by atoms with Gasteiger partial charge in [-0.2, -0.15) is 0 Å². The van der Waals surface area contributed by atoms with Crippen molar-refractivity contribution in [2.24, 2.45) is 5.73 Å². The summed E-state index contributed by atoms with van der Waals surface area (Å²) in [5.41, 5.74) is 7.95. The molecule has 2 rings (SSSR count). The fraction of sp³-hybridized carbons (Fsp3) is 0.400. The van der Waals surface area contributed by atoms with E-state index in [-0.39, 0.29) is 11.3 Å². The van der Waals surface area contributed by atoms with Crippen LogP contribution >= 0.6 is 50.4 Å². The molecular formula is C10H12BrN3S3. The summed E-state index contributed by atoms with van der Waals surface area (Å²) >= 11 is 8.49. The Morgan fingerprint density at radius 1 is 1.53 bits per heavy atom. The van der Waals surface area contributed by atoms with Crippen LogP contribution in [0.5, 0.6) is 0 Å². The van der Waals surface area contributed by atoms with Crippen molar-refractivity contribution in [2.75, 3.05) is 0 Å². The van der Waals surface area contributed by atoms with E-state index in [1.165, 1.54) is 4.88 Å². The highest BCUT2D eigenvalue weighted by Crippen LogP contribution is 2.42. The minimum atomic E-state index is 0.134. The Bertz CT molecular complexity index is 457. The second kappa shape index (κ2) is 6.29. The van der Waals surface area contributed by atoms with Gasteiger partial charge in [-0.1, -0.05) is 30.0 Å². The summed E-state index contributed by atoms with van der Waals surface area (Å²) in [4.78, 5) is 1.28. The number of halogens is 1.